The van der Waals surface area contributed by atoms with Crippen molar-refractivity contribution in [2.24, 2.45) is 0 Å². The number of ether oxygens (including phenoxy) is 1. The van der Waals surface area contributed by atoms with Crippen LogP contribution in [0.4, 0.5) is 24.9 Å². The minimum absolute atomic E-state index is 0.0172. The quantitative estimate of drug-likeness (QED) is 0.647. The number of Topliss-reactive ketones (excluding diaryl/α,β-unsaturated/α-hetero) is 1. The van der Waals surface area contributed by atoms with Crippen molar-refractivity contribution in [1.82, 2.24) is 9.55 Å². The molecule has 5 rings (SSSR count). The van der Waals surface area contributed by atoms with Crippen molar-refractivity contribution in [2.75, 3.05) is 29.5 Å². The van der Waals surface area contributed by atoms with Gasteiger partial charge >= 0.3 is 6.18 Å². The molecule has 2 fully saturated rings. The maximum atomic E-state index is 13.9. The Bertz CT molecular complexity index is 1200. The first-order valence-electron chi connectivity index (χ1n) is 10.6. The van der Waals surface area contributed by atoms with Crippen molar-refractivity contribution in [3.05, 3.63) is 51.8 Å². The van der Waals surface area contributed by atoms with Crippen LogP contribution >= 0.6 is 0 Å². The molecule has 3 aliphatic heterocycles. The highest BCUT2D eigenvalue weighted by atomic mass is 19.4. The van der Waals surface area contributed by atoms with E-state index < -0.39 is 30.1 Å². The number of rotatable bonds is 4. The lowest BCUT2D eigenvalue weighted by atomic mass is 10.0. The summed E-state index contributed by atoms with van der Waals surface area (Å²) >= 11 is 0. The monoisotopic (exact) mass is 459 g/mol. The highest BCUT2D eigenvalue weighted by molar-refractivity contribution is 5.99. The van der Waals surface area contributed by atoms with Gasteiger partial charge in [0.05, 0.1) is 36.9 Å². The highest BCUT2D eigenvalue weighted by Crippen LogP contribution is 2.36. The molecule has 4 heterocycles. The molecular weight excluding hydrogens is 439 g/mol. The van der Waals surface area contributed by atoms with Crippen LogP contribution in [0.5, 0.6) is 0 Å². The number of nitrogens with zero attached hydrogens (tertiary/aromatic N) is 5. The molecule has 172 valence electrons. The van der Waals surface area contributed by atoms with Gasteiger partial charge in [-0.15, -0.1) is 0 Å². The Morgan fingerprint density at radius 3 is 2.79 bits per heavy atom. The SMILES string of the molecule is N#Cc1cccc(C(=O)CN2c3nc(N4C[C@@H]5C[C@H]4CO5)cc(=O)n3CC[C@H]2C(F)(F)F)c1. The molecule has 0 N–H and O–H groups in total. The average molecular weight is 459 g/mol. The lowest BCUT2D eigenvalue weighted by molar-refractivity contribution is -0.152. The van der Waals surface area contributed by atoms with E-state index in [4.69, 9.17) is 10.00 Å². The molecule has 11 heteroatoms. The van der Waals surface area contributed by atoms with E-state index in [2.05, 4.69) is 4.98 Å². The summed E-state index contributed by atoms with van der Waals surface area (Å²) < 4.78 is 48.6. The van der Waals surface area contributed by atoms with Crippen molar-refractivity contribution in [3.8, 4) is 6.07 Å². The number of nitriles is 1. The molecule has 0 amide bonds. The standard InChI is InChI=1S/C22H20F3N5O3/c23-22(24,25)18-4-5-28-20(32)8-19(29-10-16-7-15(29)12-33-16)27-21(28)30(18)11-17(31)14-3-1-2-13(6-14)9-26/h1-3,6,8,15-16,18H,4-5,7,10-12H2/t15-,16-,18-/m0/s1. The average Bonchev–Trinajstić information content (AvgIpc) is 3.42. The number of ketones is 1. The fraction of sp³-hybridized carbons (Fsp3) is 0.455. The van der Waals surface area contributed by atoms with E-state index in [1.165, 1.54) is 34.9 Å². The van der Waals surface area contributed by atoms with Gasteiger partial charge < -0.3 is 14.5 Å². The second-order valence-corrected chi connectivity index (χ2v) is 8.49. The third-order valence-electron chi connectivity index (χ3n) is 6.43. The van der Waals surface area contributed by atoms with Gasteiger partial charge in [-0.3, -0.25) is 14.2 Å². The molecule has 3 atom stereocenters. The molecule has 0 aliphatic carbocycles. The third kappa shape index (κ3) is 3.84. The third-order valence-corrected chi connectivity index (χ3v) is 6.43. The van der Waals surface area contributed by atoms with Gasteiger partial charge in [0.25, 0.3) is 5.56 Å². The molecule has 0 saturated carbocycles. The second kappa shape index (κ2) is 7.88. The number of morpholine rings is 1. The zero-order chi connectivity index (χ0) is 23.3. The Kier molecular flexibility index (Phi) is 5.12. The number of hydrogen-bond donors (Lipinski definition) is 0. The van der Waals surface area contributed by atoms with Crippen LogP contribution in [-0.4, -0.2) is 59.4 Å². The van der Waals surface area contributed by atoms with E-state index in [0.717, 1.165) is 11.3 Å². The maximum Gasteiger partial charge on any atom is 0.408 e. The Morgan fingerprint density at radius 2 is 2.12 bits per heavy atom. The van der Waals surface area contributed by atoms with Crippen molar-refractivity contribution in [1.29, 1.82) is 5.26 Å². The van der Waals surface area contributed by atoms with Crippen molar-refractivity contribution in [3.63, 3.8) is 0 Å². The first-order chi connectivity index (χ1) is 15.7. The molecule has 1 aromatic heterocycles. The fourth-order valence-corrected chi connectivity index (χ4v) is 4.81. The van der Waals surface area contributed by atoms with E-state index in [1.807, 2.05) is 11.0 Å². The summed E-state index contributed by atoms with van der Waals surface area (Å²) in [5.41, 5.74) is -0.0990. The summed E-state index contributed by atoms with van der Waals surface area (Å²) in [6, 6.07) is 7.12. The van der Waals surface area contributed by atoms with Crippen LogP contribution in [0.2, 0.25) is 0 Å². The molecule has 3 aliphatic rings. The summed E-state index contributed by atoms with van der Waals surface area (Å²) in [4.78, 5) is 33.0. The zero-order valence-corrected chi connectivity index (χ0v) is 17.5. The molecule has 2 aromatic rings. The second-order valence-electron chi connectivity index (χ2n) is 8.49. The number of anilines is 2. The van der Waals surface area contributed by atoms with Crippen LogP contribution in [0.3, 0.4) is 0 Å². The molecule has 0 spiro atoms. The predicted octanol–water partition coefficient (Wildman–Crippen LogP) is 2.12. The first-order valence-corrected chi connectivity index (χ1v) is 10.6. The largest absolute Gasteiger partial charge is 0.408 e. The Balaban J connectivity index is 1.54. The molecule has 0 radical (unpaired) electrons. The summed E-state index contributed by atoms with van der Waals surface area (Å²) in [5.74, 6) is -0.462. The molecule has 8 nitrogen and oxygen atoms in total. The van der Waals surface area contributed by atoms with Gasteiger partial charge in [0.15, 0.2) is 5.78 Å². The lowest BCUT2D eigenvalue weighted by Crippen LogP contribution is -2.54. The van der Waals surface area contributed by atoms with Crippen molar-refractivity contribution < 1.29 is 22.7 Å². The lowest BCUT2D eigenvalue weighted by Gasteiger charge is -2.39. The van der Waals surface area contributed by atoms with Gasteiger partial charge in [-0.25, -0.2) is 0 Å². The fourth-order valence-electron chi connectivity index (χ4n) is 4.81. The Morgan fingerprint density at radius 1 is 1.30 bits per heavy atom. The normalized spacial score (nSPS) is 24.0. The number of fused-ring (bicyclic) bond motifs is 3. The molecule has 33 heavy (non-hydrogen) atoms. The summed E-state index contributed by atoms with van der Waals surface area (Å²) in [6.45, 7) is 0.232. The van der Waals surface area contributed by atoms with E-state index in [1.54, 1.807) is 0 Å². The number of benzene rings is 1. The van der Waals surface area contributed by atoms with Gasteiger partial charge in [-0.1, -0.05) is 12.1 Å². The van der Waals surface area contributed by atoms with Crippen LogP contribution in [0, 0.1) is 11.3 Å². The van der Waals surface area contributed by atoms with Gasteiger partial charge in [0, 0.05) is 24.7 Å². The van der Waals surface area contributed by atoms with Crippen LogP contribution < -0.4 is 15.4 Å². The van der Waals surface area contributed by atoms with Crippen LogP contribution in [-0.2, 0) is 11.3 Å². The molecule has 0 unspecified atom stereocenters. The van der Waals surface area contributed by atoms with Crippen molar-refractivity contribution in [2.45, 2.75) is 43.8 Å². The smallest absolute Gasteiger partial charge is 0.374 e. The van der Waals surface area contributed by atoms with E-state index >= 15 is 0 Å². The van der Waals surface area contributed by atoms with E-state index in [9.17, 15) is 22.8 Å². The van der Waals surface area contributed by atoms with Gasteiger partial charge in [-0.2, -0.15) is 23.4 Å². The van der Waals surface area contributed by atoms with Gasteiger partial charge in [0.2, 0.25) is 5.95 Å². The summed E-state index contributed by atoms with van der Waals surface area (Å²) in [7, 11) is 0. The molecule has 2 bridgehead atoms. The minimum Gasteiger partial charge on any atom is -0.374 e. The van der Waals surface area contributed by atoms with E-state index in [-0.39, 0.29) is 42.2 Å². The van der Waals surface area contributed by atoms with Gasteiger partial charge in [0.1, 0.15) is 11.9 Å². The molecular formula is C22H20F3N5O3. The minimum atomic E-state index is -4.62. The number of alkyl halides is 3. The summed E-state index contributed by atoms with van der Waals surface area (Å²) in [6.07, 6.45) is -4.19. The number of aromatic nitrogens is 2. The number of carbonyl (C=O) groups excluding carboxylic acids is 1. The van der Waals surface area contributed by atoms with Crippen LogP contribution in [0.1, 0.15) is 28.8 Å². The number of carbonyl (C=O) groups is 1. The van der Waals surface area contributed by atoms with Crippen LogP contribution in [0.25, 0.3) is 0 Å². The predicted molar refractivity (Wildman–Crippen MR) is 111 cm³/mol. The maximum absolute atomic E-state index is 13.9. The first kappa shape index (κ1) is 21.5. The highest BCUT2D eigenvalue weighted by Gasteiger charge is 2.48. The Hall–Kier alpha value is -3.39. The molecule has 2 saturated heterocycles. The number of halogens is 3. The van der Waals surface area contributed by atoms with Crippen molar-refractivity contribution >= 4 is 17.5 Å². The molecule has 1 aromatic carbocycles. The van der Waals surface area contributed by atoms with Gasteiger partial charge in [-0.05, 0) is 25.0 Å². The summed E-state index contributed by atoms with van der Waals surface area (Å²) in [5, 5.41) is 9.07. The number of hydrogen-bond acceptors (Lipinski definition) is 7. The zero-order valence-electron chi connectivity index (χ0n) is 17.5. The van der Waals surface area contributed by atoms with E-state index in [0.29, 0.717) is 19.0 Å². The topological polar surface area (TPSA) is 91.5 Å². The Labute approximate surface area is 186 Å². The van der Waals surface area contributed by atoms with Crippen LogP contribution in [0.15, 0.2) is 35.1 Å².